The molecule has 2 aliphatic rings. The van der Waals surface area contributed by atoms with E-state index in [9.17, 15) is 14.7 Å². The molecule has 1 saturated heterocycles. The molecule has 1 aliphatic carbocycles. The molecule has 1 aromatic rings. The van der Waals surface area contributed by atoms with Crippen molar-refractivity contribution in [3.63, 3.8) is 0 Å². The highest BCUT2D eigenvalue weighted by atomic mass is 16.5. The summed E-state index contributed by atoms with van der Waals surface area (Å²) in [7, 11) is 1.60. The van der Waals surface area contributed by atoms with Crippen LogP contribution in [0, 0.1) is 5.92 Å². The third kappa shape index (κ3) is 5.94. The van der Waals surface area contributed by atoms with E-state index in [0.29, 0.717) is 31.7 Å². The van der Waals surface area contributed by atoms with Crippen LogP contribution in [-0.2, 0) is 20.9 Å². The van der Waals surface area contributed by atoms with Gasteiger partial charge < -0.3 is 25.2 Å². The molecule has 3 N–H and O–H groups in total. The summed E-state index contributed by atoms with van der Waals surface area (Å²) in [5.74, 6) is 1.19. The topological polar surface area (TPSA) is 96.9 Å². The molecular weight excluding hydrogens is 360 g/mol. The lowest BCUT2D eigenvalue weighted by atomic mass is 9.96. The molecule has 28 heavy (non-hydrogen) atoms. The lowest BCUT2D eigenvalue weighted by Crippen LogP contribution is -2.51. The molecule has 2 fully saturated rings. The van der Waals surface area contributed by atoms with Crippen molar-refractivity contribution in [2.75, 3.05) is 13.7 Å². The van der Waals surface area contributed by atoms with Gasteiger partial charge in [0.2, 0.25) is 11.8 Å². The second-order valence-electron chi connectivity index (χ2n) is 7.67. The van der Waals surface area contributed by atoms with Gasteiger partial charge in [0.25, 0.3) is 0 Å². The first-order chi connectivity index (χ1) is 13.6. The van der Waals surface area contributed by atoms with Crippen LogP contribution in [0.4, 0.5) is 0 Å². The molecule has 1 aliphatic heterocycles. The minimum absolute atomic E-state index is 0.0301. The van der Waals surface area contributed by atoms with Gasteiger partial charge in [-0.25, -0.2) is 0 Å². The van der Waals surface area contributed by atoms with E-state index >= 15 is 0 Å². The second-order valence-corrected chi connectivity index (χ2v) is 7.67. The Bertz CT molecular complexity index is 677. The molecule has 3 rings (SSSR count). The largest absolute Gasteiger partial charge is 0.496 e. The number of rotatable bonds is 9. The number of hydrogen-bond acceptors (Lipinski definition) is 5. The molecule has 1 heterocycles. The summed E-state index contributed by atoms with van der Waals surface area (Å²) in [6, 6.07) is 7.36. The average molecular weight is 390 g/mol. The Kier molecular flexibility index (Phi) is 7.28. The number of ether oxygens (including phenoxy) is 2. The number of benzene rings is 1. The summed E-state index contributed by atoms with van der Waals surface area (Å²) in [4.78, 5) is 24.3. The number of para-hydroxylation sites is 1. The molecule has 0 spiro atoms. The van der Waals surface area contributed by atoms with Crippen LogP contribution in [0.15, 0.2) is 24.3 Å². The lowest BCUT2D eigenvalue weighted by molar-refractivity contribution is -0.136. The van der Waals surface area contributed by atoms with E-state index in [1.807, 2.05) is 24.3 Å². The fraction of sp³-hybridized carbons (Fsp3) is 0.619. The second kappa shape index (κ2) is 9.89. The summed E-state index contributed by atoms with van der Waals surface area (Å²) in [6.45, 7) is 0.215. The van der Waals surface area contributed by atoms with Crippen molar-refractivity contribution >= 4 is 11.8 Å². The number of carbonyl (C=O) groups is 2. The van der Waals surface area contributed by atoms with Gasteiger partial charge in [0.05, 0.1) is 32.3 Å². The minimum atomic E-state index is -0.469. The van der Waals surface area contributed by atoms with Crippen molar-refractivity contribution in [1.82, 2.24) is 10.6 Å². The molecule has 3 atom stereocenters. The summed E-state index contributed by atoms with van der Waals surface area (Å²) in [5, 5.41) is 15.5. The molecule has 0 radical (unpaired) electrons. The van der Waals surface area contributed by atoms with Crippen LogP contribution in [-0.4, -0.2) is 48.9 Å². The molecular formula is C21H30N2O5. The molecule has 1 saturated carbocycles. The zero-order valence-corrected chi connectivity index (χ0v) is 16.4. The van der Waals surface area contributed by atoms with E-state index in [2.05, 4.69) is 10.6 Å². The molecule has 0 unspecified atom stereocenters. The predicted molar refractivity (Wildman–Crippen MR) is 104 cm³/mol. The van der Waals surface area contributed by atoms with Gasteiger partial charge in [0.15, 0.2) is 0 Å². The van der Waals surface area contributed by atoms with Crippen LogP contribution in [0.2, 0.25) is 0 Å². The fourth-order valence-electron chi connectivity index (χ4n) is 3.62. The first-order valence-electron chi connectivity index (χ1n) is 10.0. The van der Waals surface area contributed by atoms with Crippen LogP contribution in [0.5, 0.6) is 5.75 Å². The first kappa shape index (κ1) is 20.6. The Morgan fingerprint density at radius 3 is 2.64 bits per heavy atom. The van der Waals surface area contributed by atoms with Crippen LogP contribution in [0.3, 0.4) is 0 Å². The zero-order valence-electron chi connectivity index (χ0n) is 16.4. The maximum Gasteiger partial charge on any atom is 0.222 e. The monoisotopic (exact) mass is 390 g/mol. The highest BCUT2D eigenvalue weighted by Gasteiger charge is 2.34. The van der Waals surface area contributed by atoms with Crippen LogP contribution < -0.4 is 15.4 Å². The van der Waals surface area contributed by atoms with E-state index in [4.69, 9.17) is 9.47 Å². The van der Waals surface area contributed by atoms with Crippen molar-refractivity contribution < 1.29 is 24.2 Å². The molecule has 7 nitrogen and oxygen atoms in total. The maximum atomic E-state index is 12.3. The minimum Gasteiger partial charge on any atom is -0.496 e. The number of hydrogen-bond donors (Lipinski definition) is 3. The first-order valence-corrected chi connectivity index (χ1v) is 10.0. The van der Waals surface area contributed by atoms with Crippen molar-refractivity contribution in [2.45, 2.75) is 63.3 Å². The van der Waals surface area contributed by atoms with Gasteiger partial charge in [-0.15, -0.1) is 0 Å². The van der Waals surface area contributed by atoms with Crippen LogP contribution in [0.25, 0.3) is 0 Å². The van der Waals surface area contributed by atoms with E-state index in [1.165, 1.54) is 0 Å². The zero-order chi connectivity index (χ0) is 19.9. The maximum absolute atomic E-state index is 12.3. The Morgan fingerprint density at radius 2 is 1.93 bits per heavy atom. The number of amides is 2. The van der Waals surface area contributed by atoms with Gasteiger partial charge in [-0.1, -0.05) is 18.2 Å². The molecule has 7 heteroatoms. The Morgan fingerprint density at radius 1 is 1.14 bits per heavy atom. The van der Waals surface area contributed by atoms with Crippen molar-refractivity contribution in [2.24, 2.45) is 5.92 Å². The van der Waals surface area contributed by atoms with Gasteiger partial charge >= 0.3 is 0 Å². The fourth-order valence-corrected chi connectivity index (χ4v) is 3.62. The highest BCUT2D eigenvalue weighted by molar-refractivity contribution is 5.77. The summed E-state index contributed by atoms with van der Waals surface area (Å²) >= 11 is 0. The summed E-state index contributed by atoms with van der Waals surface area (Å²) < 4.78 is 11.2. The third-order valence-corrected chi connectivity index (χ3v) is 5.39. The standard InChI is InChI=1S/C21H30N2O5/c1-27-18-5-3-2-4-15(18)12-22-20(25)11-16-8-9-17(19(13-24)28-16)23-21(26)10-14-6-7-14/h2-5,14,16-17,19,24H,6-13H2,1H3,(H,22,25)(H,23,26)/t16-,17+,19-/m1/s1. The van der Waals surface area contributed by atoms with Crippen LogP contribution in [0.1, 0.15) is 44.1 Å². The van der Waals surface area contributed by atoms with Gasteiger partial charge in [-0.3, -0.25) is 9.59 Å². The van der Waals surface area contributed by atoms with E-state index in [-0.39, 0.29) is 37.0 Å². The average Bonchev–Trinajstić information content (AvgIpc) is 3.51. The van der Waals surface area contributed by atoms with E-state index in [0.717, 1.165) is 24.2 Å². The van der Waals surface area contributed by atoms with Gasteiger partial charge in [0, 0.05) is 18.5 Å². The lowest BCUT2D eigenvalue weighted by Gasteiger charge is -2.36. The quantitative estimate of drug-likeness (QED) is 0.594. The molecule has 0 bridgehead atoms. The number of nitrogens with one attached hydrogen (secondary N) is 2. The Labute approximate surface area is 165 Å². The van der Waals surface area contributed by atoms with E-state index < -0.39 is 6.10 Å². The molecule has 1 aromatic carbocycles. The highest BCUT2D eigenvalue weighted by Crippen LogP contribution is 2.32. The Balaban J connectivity index is 1.43. The Hall–Kier alpha value is -2.12. The van der Waals surface area contributed by atoms with Crippen molar-refractivity contribution in [1.29, 1.82) is 0 Å². The molecule has 154 valence electrons. The van der Waals surface area contributed by atoms with Crippen molar-refractivity contribution in [3.05, 3.63) is 29.8 Å². The third-order valence-electron chi connectivity index (χ3n) is 5.39. The number of aliphatic hydroxyl groups is 1. The summed E-state index contributed by atoms with van der Waals surface area (Å²) in [5.41, 5.74) is 0.912. The summed E-state index contributed by atoms with van der Waals surface area (Å²) in [6.07, 6.45) is 3.70. The van der Waals surface area contributed by atoms with Gasteiger partial charge in [0.1, 0.15) is 11.9 Å². The molecule has 0 aromatic heterocycles. The smallest absolute Gasteiger partial charge is 0.222 e. The SMILES string of the molecule is COc1ccccc1CNC(=O)C[C@H]1CC[C@H](NC(=O)CC2CC2)[C@@H](CO)O1. The number of aliphatic hydroxyl groups excluding tert-OH is 1. The predicted octanol–water partition coefficient (Wildman–Crippen LogP) is 1.53. The number of methoxy groups -OCH3 is 1. The number of carbonyl (C=O) groups excluding carboxylic acids is 2. The van der Waals surface area contributed by atoms with Crippen molar-refractivity contribution in [3.8, 4) is 5.75 Å². The van der Waals surface area contributed by atoms with E-state index in [1.54, 1.807) is 7.11 Å². The van der Waals surface area contributed by atoms with Crippen LogP contribution >= 0.6 is 0 Å². The molecule has 2 amide bonds. The van der Waals surface area contributed by atoms with Gasteiger partial charge in [-0.2, -0.15) is 0 Å². The normalized spacial score (nSPS) is 24.4. The van der Waals surface area contributed by atoms with Gasteiger partial charge in [-0.05, 0) is 37.7 Å².